The van der Waals surface area contributed by atoms with E-state index in [0.717, 1.165) is 0 Å². The summed E-state index contributed by atoms with van der Waals surface area (Å²) in [6, 6.07) is 12.8. The molecule has 0 unspecified atom stereocenters. The minimum Gasteiger partial charge on any atom is -0.505 e. The van der Waals surface area contributed by atoms with Crippen molar-refractivity contribution in [1.29, 1.82) is 0 Å². The number of aromatic hydroxyl groups is 1. The van der Waals surface area contributed by atoms with E-state index in [4.69, 9.17) is 26.3 Å². The Labute approximate surface area is 217 Å². The van der Waals surface area contributed by atoms with E-state index in [9.17, 15) is 13.5 Å². The van der Waals surface area contributed by atoms with Crippen LogP contribution in [0.2, 0.25) is 5.28 Å². The predicted molar refractivity (Wildman–Crippen MR) is 139 cm³/mol. The first-order valence-electron chi connectivity index (χ1n) is 10.8. The van der Waals surface area contributed by atoms with Crippen molar-refractivity contribution in [3.8, 4) is 11.5 Å². The number of rotatable bonds is 8. The Hall–Kier alpha value is -4.07. The standard InChI is InChI=1S/C23H22ClN7O5S/c1-12(2)36-37(33,34)18-11-13-10-15(26-23-28-21(24)27-22(25)29-23)6-9-17(13)20(32)19(18)31-30-14-4-7-16(35-3)8-5-14/h4-12,32H,1-3H3,(H3,25,26,27,28,29). The number of benzene rings is 3. The van der Waals surface area contributed by atoms with Crippen molar-refractivity contribution in [2.75, 3.05) is 18.2 Å². The first-order valence-corrected chi connectivity index (χ1v) is 12.6. The molecule has 0 fully saturated rings. The van der Waals surface area contributed by atoms with Crippen LogP contribution < -0.4 is 15.8 Å². The molecule has 0 saturated carbocycles. The molecule has 0 amide bonds. The van der Waals surface area contributed by atoms with Gasteiger partial charge in [0.05, 0.1) is 18.9 Å². The number of hydrogen-bond acceptors (Lipinski definition) is 12. The lowest BCUT2D eigenvalue weighted by molar-refractivity contribution is 0.249. The summed E-state index contributed by atoms with van der Waals surface area (Å²) in [7, 11) is -2.79. The monoisotopic (exact) mass is 543 g/mol. The quantitative estimate of drug-likeness (QED) is 0.196. The summed E-state index contributed by atoms with van der Waals surface area (Å²) >= 11 is 5.83. The average Bonchev–Trinajstić information content (AvgIpc) is 2.82. The number of fused-ring (bicyclic) bond motifs is 1. The van der Waals surface area contributed by atoms with Crippen LogP contribution in [0.4, 0.5) is 29.0 Å². The largest absolute Gasteiger partial charge is 0.505 e. The summed E-state index contributed by atoms with van der Waals surface area (Å²) in [4.78, 5) is 11.2. The molecular formula is C23H22ClN7O5S. The van der Waals surface area contributed by atoms with Crippen LogP contribution in [0.5, 0.6) is 11.5 Å². The third-order valence-corrected chi connectivity index (χ3v) is 6.52. The third kappa shape index (κ3) is 6.02. The molecule has 14 heteroatoms. The molecule has 4 aromatic rings. The smallest absolute Gasteiger partial charge is 0.299 e. The van der Waals surface area contributed by atoms with E-state index in [0.29, 0.717) is 27.9 Å². The Morgan fingerprint density at radius 3 is 2.43 bits per heavy atom. The zero-order valence-corrected chi connectivity index (χ0v) is 21.4. The minimum atomic E-state index is -4.32. The van der Waals surface area contributed by atoms with E-state index in [1.165, 1.54) is 13.2 Å². The van der Waals surface area contributed by atoms with Crippen molar-refractivity contribution in [2.45, 2.75) is 24.8 Å². The van der Waals surface area contributed by atoms with Gasteiger partial charge in [0.25, 0.3) is 10.1 Å². The van der Waals surface area contributed by atoms with E-state index in [1.807, 2.05) is 0 Å². The Morgan fingerprint density at radius 2 is 1.78 bits per heavy atom. The fourth-order valence-electron chi connectivity index (χ4n) is 3.33. The van der Waals surface area contributed by atoms with Crippen LogP contribution in [0.3, 0.4) is 0 Å². The lowest BCUT2D eigenvalue weighted by atomic mass is 10.1. The second-order valence-electron chi connectivity index (χ2n) is 7.92. The molecule has 0 bridgehead atoms. The number of nitrogens with one attached hydrogen (secondary N) is 1. The summed E-state index contributed by atoms with van der Waals surface area (Å²) in [5, 5.41) is 22.7. The number of phenols is 1. The molecule has 12 nitrogen and oxygen atoms in total. The number of aromatic nitrogens is 3. The van der Waals surface area contributed by atoms with Gasteiger partial charge >= 0.3 is 0 Å². The average molecular weight is 544 g/mol. The zero-order chi connectivity index (χ0) is 26.7. The summed E-state index contributed by atoms with van der Waals surface area (Å²) in [6.07, 6.45) is -0.652. The molecule has 0 atom stereocenters. The van der Waals surface area contributed by atoms with Gasteiger partial charge in [0, 0.05) is 11.1 Å². The van der Waals surface area contributed by atoms with Crippen molar-refractivity contribution in [3.05, 3.63) is 53.8 Å². The number of anilines is 3. The van der Waals surface area contributed by atoms with Gasteiger partial charge in [-0.3, -0.25) is 4.18 Å². The predicted octanol–water partition coefficient (Wildman–Crippen LogP) is 5.25. The summed E-state index contributed by atoms with van der Waals surface area (Å²) in [5.74, 6) is 0.237. The lowest BCUT2D eigenvalue weighted by Gasteiger charge is -2.14. The number of nitrogens with two attached hydrogens (primary N) is 1. The highest BCUT2D eigenvalue weighted by Crippen LogP contribution is 2.43. The Kier molecular flexibility index (Phi) is 7.38. The first kappa shape index (κ1) is 26.0. The van der Waals surface area contributed by atoms with E-state index < -0.39 is 16.2 Å². The van der Waals surface area contributed by atoms with E-state index >= 15 is 0 Å². The Bertz CT molecular complexity index is 1580. The molecule has 0 spiro atoms. The lowest BCUT2D eigenvalue weighted by Crippen LogP contribution is -2.12. The number of nitrogens with zero attached hydrogens (tertiary/aromatic N) is 5. The van der Waals surface area contributed by atoms with Crippen LogP contribution in [0, 0.1) is 0 Å². The van der Waals surface area contributed by atoms with E-state index in [1.54, 1.807) is 56.3 Å². The van der Waals surface area contributed by atoms with Crippen molar-refractivity contribution in [2.24, 2.45) is 10.2 Å². The van der Waals surface area contributed by atoms with Crippen LogP contribution >= 0.6 is 11.6 Å². The molecule has 0 radical (unpaired) electrons. The van der Waals surface area contributed by atoms with Gasteiger partial charge in [-0.05, 0) is 79.4 Å². The van der Waals surface area contributed by atoms with Gasteiger partial charge in [-0.15, -0.1) is 5.11 Å². The molecule has 0 aliphatic rings. The number of phenolic OH excluding ortho intramolecular Hbond substituents is 1. The van der Waals surface area contributed by atoms with Gasteiger partial charge in [-0.25, -0.2) is 0 Å². The van der Waals surface area contributed by atoms with Crippen LogP contribution in [0.25, 0.3) is 10.8 Å². The highest BCUT2D eigenvalue weighted by molar-refractivity contribution is 7.87. The molecule has 4 rings (SSSR count). The van der Waals surface area contributed by atoms with Crippen molar-refractivity contribution in [1.82, 2.24) is 15.0 Å². The van der Waals surface area contributed by atoms with Gasteiger partial charge < -0.3 is 20.9 Å². The van der Waals surface area contributed by atoms with Gasteiger partial charge in [0.15, 0.2) is 5.75 Å². The van der Waals surface area contributed by atoms with Crippen LogP contribution in [-0.2, 0) is 14.3 Å². The number of nitrogen functional groups attached to an aromatic ring is 1. The van der Waals surface area contributed by atoms with Gasteiger partial charge in [0.2, 0.25) is 17.2 Å². The molecule has 1 aromatic heterocycles. The number of ether oxygens (including phenoxy) is 1. The molecule has 3 aromatic carbocycles. The van der Waals surface area contributed by atoms with Crippen LogP contribution in [0.15, 0.2) is 63.7 Å². The number of hydrogen-bond donors (Lipinski definition) is 3. The molecule has 4 N–H and O–H groups in total. The molecule has 192 valence electrons. The Morgan fingerprint density at radius 1 is 1.05 bits per heavy atom. The van der Waals surface area contributed by atoms with Crippen LogP contribution in [0.1, 0.15) is 13.8 Å². The van der Waals surface area contributed by atoms with E-state index in [2.05, 4.69) is 30.5 Å². The SMILES string of the molecule is COc1ccc(N=Nc2c(S(=O)(=O)OC(C)C)cc3cc(Nc4nc(N)nc(Cl)n4)ccc3c2O)cc1. The molecule has 0 aliphatic carbocycles. The maximum Gasteiger partial charge on any atom is 0.299 e. The molecule has 0 aliphatic heterocycles. The molecule has 37 heavy (non-hydrogen) atoms. The van der Waals surface area contributed by atoms with Crippen molar-refractivity contribution < 1.29 is 22.4 Å². The summed E-state index contributed by atoms with van der Waals surface area (Å²) in [5.41, 5.74) is 6.23. The topological polar surface area (TPSA) is 174 Å². The first-order chi connectivity index (χ1) is 17.6. The van der Waals surface area contributed by atoms with Crippen molar-refractivity contribution in [3.63, 3.8) is 0 Å². The van der Waals surface area contributed by atoms with Gasteiger partial charge in [0.1, 0.15) is 16.3 Å². The second kappa shape index (κ2) is 10.5. The van der Waals surface area contributed by atoms with Crippen LogP contribution in [-0.4, -0.2) is 41.7 Å². The number of methoxy groups -OCH3 is 1. The molecule has 0 saturated heterocycles. The fourth-order valence-corrected chi connectivity index (χ4v) is 4.75. The second-order valence-corrected chi connectivity index (χ2v) is 9.79. The maximum atomic E-state index is 13.1. The summed E-state index contributed by atoms with van der Waals surface area (Å²) < 4.78 is 36.5. The minimum absolute atomic E-state index is 0.0768. The highest BCUT2D eigenvalue weighted by Gasteiger charge is 2.26. The molecular weight excluding hydrogens is 522 g/mol. The molecule has 1 heterocycles. The van der Waals surface area contributed by atoms with E-state index in [-0.39, 0.29) is 33.5 Å². The zero-order valence-electron chi connectivity index (χ0n) is 19.9. The number of azo groups is 1. The van der Waals surface area contributed by atoms with Gasteiger partial charge in [-0.1, -0.05) is 0 Å². The number of halogens is 1. The normalized spacial score (nSPS) is 11.9. The van der Waals surface area contributed by atoms with Crippen molar-refractivity contribution >= 4 is 61.5 Å². The highest BCUT2D eigenvalue weighted by atomic mass is 35.5. The summed E-state index contributed by atoms with van der Waals surface area (Å²) in [6.45, 7) is 3.15. The van der Waals surface area contributed by atoms with Gasteiger partial charge in [-0.2, -0.15) is 28.5 Å². The fraction of sp³-hybridized carbons (Fsp3) is 0.174. The third-order valence-electron chi connectivity index (χ3n) is 4.86. The Balaban J connectivity index is 1.82. The maximum absolute atomic E-state index is 13.1.